The van der Waals surface area contributed by atoms with Gasteiger partial charge < -0.3 is 19.9 Å². The number of hydrogen-bond donors (Lipinski definition) is 2. The lowest BCUT2D eigenvalue weighted by molar-refractivity contribution is -0.112. The first-order valence-corrected chi connectivity index (χ1v) is 10.1. The number of para-hydroxylation sites is 1. The number of anilines is 1. The van der Waals surface area contributed by atoms with Crippen molar-refractivity contribution >= 4 is 29.6 Å². The number of rotatable bonds is 8. The maximum atomic E-state index is 12.6. The summed E-state index contributed by atoms with van der Waals surface area (Å²) >= 11 is 0. The molecule has 0 radical (unpaired) electrons. The van der Waals surface area contributed by atoms with Crippen LogP contribution in [-0.4, -0.2) is 30.1 Å². The smallest absolute Gasteiger partial charge is 0.337 e. The van der Waals surface area contributed by atoms with Gasteiger partial charge in [-0.1, -0.05) is 30.3 Å². The summed E-state index contributed by atoms with van der Waals surface area (Å²) in [5, 5.41) is 21.1. The Labute approximate surface area is 195 Å². The Morgan fingerprint density at radius 2 is 1.62 bits per heavy atom. The number of methoxy groups -OCH3 is 1. The van der Waals surface area contributed by atoms with Crippen molar-refractivity contribution in [1.82, 2.24) is 0 Å². The molecule has 0 atom stereocenters. The van der Waals surface area contributed by atoms with Gasteiger partial charge in [-0.3, -0.25) is 4.79 Å². The van der Waals surface area contributed by atoms with Gasteiger partial charge in [0.1, 0.15) is 24.0 Å². The summed E-state index contributed by atoms with van der Waals surface area (Å²) in [6.07, 6.45) is 1.42. The van der Waals surface area contributed by atoms with Gasteiger partial charge in [0.05, 0.1) is 18.2 Å². The number of carbonyl (C=O) groups excluding carboxylic acids is 2. The molecule has 0 aliphatic heterocycles. The van der Waals surface area contributed by atoms with E-state index < -0.39 is 17.8 Å². The lowest BCUT2D eigenvalue weighted by atomic mass is 10.1. The predicted molar refractivity (Wildman–Crippen MR) is 124 cm³/mol. The third kappa shape index (κ3) is 6.08. The van der Waals surface area contributed by atoms with Crippen LogP contribution in [0.15, 0.2) is 78.4 Å². The lowest BCUT2D eigenvalue weighted by Crippen LogP contribution is -2.13. The van der Waals surface area contributed by atoms with Crippen molar-refractivity contribution in [3.63, 3.8) is 0 Å². The second kappa shape index (κ2) is 11.1. The first-order chi connectivity index (χ1) is 16.4. The molecule has 1 amide bonds. The Hall–Kier alpha value is -4.90. The highest BCUT2D eigenvalue weighted by molar-refractivity contribution is 6.10. The summed E-state index contributed by atoms with van der Waals surface area (Å²) in [5.74, 6) is -1.67. The number of aromatic carboxylic acids is 1. The van der Waals surface area contributed by atoms with Gasteiger partial charge in [-0.2, -0.15) is 5.26 Å². The fourth-order valence-corrected chi connectivity index (χ4v) is 2.95. The van der Waals surface area contributed by atoms with Gasteiger partial charge in [0.25, 0.3) is 5.91 Å². The van der Waals surface area contributed by atoms with Gasteiger partial charge in [-0.15, -0.1) is 0 Å². The maximum Gasteiger partial charge on any atom is 0.337 e. The number of nitrogens with one attached hydrogen (secondary N) is 1. The van der Waals surface area contributed by atoms with Crippen molar-refractivity contribution < 1.29 is 29.0 Å². The second-order valence-corrected chi connectivity index (χ2v) is 7.02. The van der Waals surface area contributed by atoms with E-state index in [2.05, 4.69) is 10.1 Å². The molecule has 3 aromatic carbocycles. The van der Waals surface area contributed by atoms with Crippen LogP contribution in [0.1, 0.15) is 31.8 Å². The number of carbonyl (C=O) groups is 3. The van der Waals surface area contributed by atoms with E-state index in [9.17, 15) is 19.6 Å². The molecule has 0 unspecified atom stereocenters. The molecule has 0 heterocycles. The fraction of sp³-hybridized carbons (Fsp3) is 0.0769. The first-order valence-electron chi connectivity index (χ1n) is 10.1. The summed E-state index contributed by atoms with van der Waals surface area (Å²) in [6.45, 7) is 0.172. The Balaban J connectivity index is 1.73. The minimum Gasteiger partial charge on any atom is -0.488 e. The summed E-state index contributed by atoms with van der Waals surface area (Å²) in [5.41, 5.74) is 2.07. The Bertz CT molecular complexity index is 1270. The van der Waals surface area contributed by atoms with Crippen molar-refractivity contribution in [1.29, 1.82) is 5.26 Å². The molecule has 0 aliphatic rings. The highest BCUT2D eigenvalue weighted by Gasteiger charge is 2.12. The normalized spacial score (nSPS) is 10.6. The number of benzene rings is 3. The molecule has 3 aromatic rings. The minimum atomic E-state index is -1.01. The molecular formula is C26H20N2O6. The second-order valence-electron chi connectivity index (χ2n) is 7.02. The van der Waals surface area contributed by atoms with Crippen molar-refractivity contribution in [3.8, 4) is 11.8 Å². The third-order valence-electron chi connectivity index (χ3n) is 4.74. The summed E-state index contributed by atoms with van der Waals surface area (Å²) in [4.78, 5) is 35.1. The van der Waals surface area contributed by atoms with Gasteiger partial charge in [-0.05, 0) is 54.1 Å². The van der Waals surface area contributed by atoms with Crippen LogP contribution in [-0.2, 0) is 16.1 Å². The van der Waals surface area contributed by atoms with Crippen molar-refractivity contribution in [2.75, 3.05) is 12.4 Å². The zero-order valence-corrected chi connectivity index (χ0v) is 18.1. The lowest BCUT2D eigenvalue weighted by Gasteiger charge is -2.10. The molecule has 8 nitrogen and oxygen atoms in total. The molecule has 0 saturated heterocycles. The van der Waals surface area contributed by atoms with E-state index in [1.54, 1.807) is 36.4 Å². The predicted octanol–water partition coefficient (Wildman–Crippen LogP) is 4.30. The van der Waals surface area contributed by atoms with Crippen LogP contribution in [0.2, 0.25) is 0 Å². The average Bonchev–Trinajstić information content (AvgIpc) is 2.86. The quantitative estimate of drug-likeness (QED) is 0.294. The van der Waals surface area contributed by atoms with Crippen molar-refractivity contribution in [3.05, 3.63) is 101 Å². The van der Waals surface area contributed by atoms with Crippen molar-refractivity contribution in [2.45, 2.75) is 6.61 Å². The number of amides is 1. The monoisotopic (exact) mass is 456 g/mol. The molecule has 0 saturated carbocycles. The molecule has 3 rings (SSSR count). The van der Waals surface area contributed by atoms with E-state index >= 15 is 0 Å². The molecule has 0 spiro atoms. The Morgan fingerprint density at radius 1 is 0.971 bits per heavy atom. The van der Waals surface area contributed by atoms with Gasteiger partial charge in [0, 0.05) is 11.3 Å². The number of esters is 1. The third-order valence-corrected chi connectivity index (χ3v) is 4.74. The molecule has 0 aromatic heterocycles. The molecule has 170 valence electrons. The fourth-order valence-electron chi connectivity index (χ4n) is 2.95. The number of hydrogen-bond acceptors (Lipinski definition) is 6. The molecular weight excluding hydrogens is 436 g/mol. The molecule has 0 bridgehead atoms. The van der Waals surface area contributed by atoms with Gasteiger partial charge >= 0.3 is 11.9 Å². The molecule has 0 aliphatic carbocycles. The molecule has 34 heavy (non-hydrogen) atoms. The van der Waals surface area contributed by atoms with E-state index in [-0.39, 0.29) is 17.7 Å². The van der Waals surface area contributed by atoms with E-state index in [1.165, 1.54) is 49.6 Å². The first kappa shape index (κ1) is 23.8. The Kier molecular flexibility index (Phi) is 7.76. The number of nitrogens with zero attached hydrogens (tertiary/aromatic N) is 1. The van der Waals surface area contributed by atoms with Crippen LogP contribution in [0, 0.1) is 11.3 Å². The summed E-state index contributed by atoms with van der Waals surface area (Å²) < 4.78 is 10.5. The van der Waals surface area contributed by atoms with Crippen LogP contribution in [0.3, 0.4) is 0 Å². The van der Waals surface area contributed by atoms with Crippen LogP contribution in [0.5, 0.6) is 5.75 Å². The number of carboxylic acid groups (broad SMARTS) is 1. The van der Waals surface area contributed by atoms with E-state index in [0.29, 0.717) is 22.6 Å². The average molecular weight is 456 g/mol. The maximum absolute atomic E-state index is 12.6. The van der Waals surface area contributed by atoms with E-state index in [0.717, 1.165) is 5.56 Å². The topological polar surface area (TPSA) is 126 Å². The SMILES string of the molecule is COC(=O)c1ccc(NC(=O)/C(C#N)=C/c2ccccc2OCc2ccc(C(=O)O)cc2)cc1. The largest absolute Gasteiger partial charge is 0.488 e. The van der Waals surface area contributed by atoms with Crippen LogP contribution < -0.4 is 10.1 Å². The van der Waals surface area contributed by atoms with E-state index in [1.807, 2.05) is 6.07 Å². The van der Waals surface area contributed by atoms with Crippen LogP contribution >= 0.6 is 0 Å². The standard InChI is InChI=1S/C26H20N2O6/c1-33-26(32)19-10-12-22(13-11-19)28-24(29)21(15-27)14-20-4-2-3-5-23(20)34-16-17-6-8-18(9-7-17)25(30)31/h2-14H,16H2,1H3,(H,28,29)(H,30,31)/b21-14+. The zero-order valence-electron chi connectivity index (χ0n) is 18.1. The summed E-state index contributed by atoms with van der Waals surface area (Å²) in [6, 6.07) is 21.2. The highest BCUT2D eigenvalue weighted by Crippen LogP contribution is 2.23. The van der Waals surface area contributed by atoms with E-state index in [4.69, 9.17) is 9.84 Å². The number of ether oxygens (including phenoxy) is 2. The molecule has 8 heteroatoms. The van der Waals surface area contributed by atoms with Crippen LogP contribution in [0.4, 0.5) is 5.69 Å². The molecule has 2 N–H and O–H groups in total. The number of carboxylic acids is 1. The van der Waals surface area contributed by atoms with Gasteiger partial charge in [-0.25, -0.2) is 9.59 Å². The van der Waals surface area contributed by atoms with Crippen LogP contribution in [0.25, 0.3) is 6.08 Å². The van der Waals surface area contributed by atoms with Crippen molar-refractivity contribution in [2.24, 2.45) is 0 Å². The number of nitriles is 1. The minimum absolute atomic E-state index is 0.140. The van der Waals surface area contributed by atoms with Gasteiger partial charge in [0.15, 0.2) is 0 Å². The highest BCUT2D eigenvalue weighted by atomic mass is 16.5. The Morgan fingerprint density at radius 3 is 2.24 bits per heavy atom. The summed E-state index contributed by atoms with van der Waals surface area (Å²) in [7, 11) is 1.28. The van der Waals surface area contributed by atoms with Gasteiger partial charge in [0.2, 0.25) is 0 Å². The molecule has 0 fully saturated rings. The zero-order chi connectivity index (χ0) is 24.5.